The van der Waals surface area contributed by atoms with Crippen LogP contribution in [0.3, 0.4) is 0 Å². The average Bonchev–Trinajstić information content (AvgIpc) is 2.42. The lowest BCUT2D eigenvalue weighted by molar-refractivity contribution is -0.384. The van der Waals surface area contributed by atoms with E-state index in [1.54, 1.807) is 13.1 Å². The van der Waals surface area contributed by atoms with Crippen LogP contribution in [0.25, 0.3) is 0 Å². The van der Waals surface area contributed by atoms with Gasteiger partial charge in [0.25, 0.3) is 5.69 Å². The Kier molecular flexibility index (Phi) is 4.53. The van der Waals surface area contributed by atoms with E-state index < -0.39 is 4.92 Å². The molecule has 1 aromatic carbocycles. The first-order chi connectivity index (χ1) is 9.58. The predicted molar refractivity (Wildman–Crippen MR) is 79.3 cm³/mol. The van der Waals surface area contributed by atoms with E-state index in [2.05, 4.69) is 10.3 Å². The summed E-state index contributed by atoms with van der Waals surface area (Å²) in [4.78, 5) is 14.5. The standard InChI is InChI=1S/C14H14ClN3O2/c1-10-8-12(18(19)20)9-13(15)14(10)17-7-5-11-4-2-3-6-16-11/h2-4,6,8-9,17H,5,7H2,1H3. The Morgan fingerprint density at radius 3 is 2.80 bits per heavy atom. The minimum Gasteiger partial charge on any atom is -0.383 e. The molecule has 1 N–H and O–H groups in total. The molecule has 6 heteroatoms. The smallest absolute Gasteiger partial charge is 0.271 e. The van der Waals surface area contributed by atoms with Crippen LogP contribution in [0.5, 0.6) is 0 Å². The second kappa shape index (κ2) is 6.34. The lowest BCUT2D eigenvalue weighted by atomic mass is 10.1. The van der Waals surface area contributed by atoms with Gasteiger partial charge >= 0.3 is 0 Å². The third kappa shape index (κ3) is 3.45. The zero-order valence-corrected chi connectivity index (χ0v) is 11.7. The Morgan fingerprint density at radius 2 is 2.20 bits per heavy atom. The maximum atomic E-state index is 10.7. The van der Waals surface area contributed by atoms with Crippen LogP contribution in [-0.2, 0) is 6.42 Å². The topological polar surface area (TPSA) is 68.1 Å². The second-order valence-electron chi connectivity index (χ2n) is 4.37. The van der Waals surface area contributed by atoms with Crippen LogP contribution in [0.2, 0.25) is 5.02 Å². The number of halogens is 1. The molecule has 5 nitrogen and oxygen atoms in total. The summed E-state index contributed by atoms with van der Waals surface area (Å²) in [6, 6.07) is 8.62. The van der Waals surface area contributed by atoms with Crippen LogP contribution >= 0.6 is 11.6 Å². The third-order valence-electron chi connectivity index (χ3n) is 2.89. The molecule has 0 aliphatic rings. The van der Waals surface area contributed by atoms with Crippen molar-refractivity contribution < 1.29 is 4.92 Å². The van der Waals surface area contributed by atoms with Crippen LogP contribution in [0.15, 0.2) is 36.5 Å². The number of nitro benzene ring substituents is 1. The molecule has 0 aliphatic heterocycles. The quantitative estimate of drug-likeness (QED) is 0.675. The Balaban J connectivity index is 2.05. The van der Waals surface area contributed by atoms with Crippen molar-refractivity contribution >= 4 is 23.0 Å². The fourth-order valence-corrected chi connectivity index (χ4v) is 2.24. The van der Waals surface area contributed by atoms with Gasteiger partial charge in [0.15, 0.2) is 0 Å². The minimum absolute atomic E-state index is 0.00257. The van der Waals surface area contributed by atoms with E-state index in [-0.39, 0.29) is 5.69 Å². The van der Waals surface area contributed by atoms with Gasteiger partial charge in [-0.2, -0.15) is 0 Å². The predicted octanol–water partition coefficient (Wildman–Crippen LogP) is 3.61. The molecule has 20 heavy (non-hydrogen) atoms. The number of rotatable bonds is 5. The number of non-ortho nitro benzene ring substituents is 1. The Bertz CT molecular complexity index is 594. The first kappa shape index (κ1) is 14.3. The zero-order chi connectivity index (χ0) is 14.5. The third-order valence-corrected chi connectivity index (χ3v) is 3.19. The van der Waals surface area contributed by atoms with Crippen molar-refractivity contribution in [1.82, 2.24) is 4.98 Å². The number of pyridine rings is 1. The number of hydrogen-bond donors (Lipinski definition) is 1. The summed E-state index contributed by atoms with van der Waals surface area (Å²) in [6.45, 7) is 2.46. The summed E-state index contributed by atoms with van der Waals surface area (Å²) >= 11 is 6.08. The fraction of sp³-hybridized carbons (Fsp3) is 0.214. The highest BCUT2D eigenvalue weighted by Gasteiger charge is 2.12. The van der Waals surface area contributed by atoms with E-state index in [1.165, 1.54) is 12.1 Å². The highest BCUT2D eigenvalue weighted by Crippen LogP contribution is 2.30. The molecule has 1 heterocycles. The molecule has 0 spiro atoms. The molecular weight excluding hydrogens is 278 g/mol. The van der Waals surface area contributed by atoms with E-state index in [1.807, 2.05) is 18.2 Å². The van der Waals surface area contributed by atoms with Gasteiger partial charge in [0.2, 0.25) is 0 Å². The monoisotopic (exact) mass is 291 g/mol. The SMILES string of the molecule is Cc1cc([N+](=O)[O-])cc(Cl)c1NCCc1ccccn1. The molecule has 0 saturated heterocycles. The Hall–Kier alpha value is -2.14. The summed E-state index contributed by atoms with van der Waals surface area (Å²) in [5.74, 6) is 0. The van der Waals surface area contributed by atoms with E-state index in [4.69, 9.17) is 11.6 Å². The van der Waals surface area contributed by atoms with Gasteiger partial charge in [0.05, 0.1) is 15.6 Å². The van der Waals surface area contributed by atoms with Gasteiger partial charge < -0.3 is 5.32 Å². The number of hydrogen-bond acceptors (Lipinski definition) is 4. The van der Waals surface area contributed by atoms with Gasteiger partial charge in [-0.25, -0.2) is 0 Å². The van der Waals surface area contributed by atoms with Crippen LogP contribution in [0.1, 0.15) is 11.3 Å². The molecule has 0 atom stereocenters. The van der Waals surface area contributed by atoms with Crippen LogP contribution in [-0.4, -0.2) is 16.5 Å². The molecule has 0 amide bonds. The Morgan fingerprint density at radius 1 is 1.40 bits per heavy atom. The van der Waals surface area contributed by atoms with Gasteiger partial charge in [-0.1, -0.05) is 17.7 Å². The number of benzene rings is 1. The van der Waals surface area contributed by atoms with Crippen molar-refractivity contribution in [1.29, 1.82) is 0 Å². The molecule has 0 aliphatic carbocycles. The maximum absolute atomic E-state index is 10.7. The van der Waals surface area contributed by atoms with Gasteiger partial charge in [-0.15, -0.1) is 0 Å². The molecule has 0 fully saturated rings. The fourth-order valence-electron chi connectivity index (χ4n) is 1.92. The van der Waals surface area contributed by atoms with Crippen LogP contribution < -0.4 is 5.32 Å². The highest BCUT2D eigenvalue weighted by molar-refractivity contribution is 6.33. The second-order valence-corrected chi connectivity index (χ2v) is 4.78. The molecule has 104 valence electrons. The van der Waals surface area contributed by atoms with Crippen molar-refractivity contribution in [3.63, 3.8) is 0 Å². The number of anilines is 1. The number of aromatic nitrogens is 1. The van der Waals surface area contributed by atoms with Gasteiger partial charge in [-0.3, -0.25) is 15.1 Å². The van der Waals surface area contributed by atoms with Crippen molar-refractivity contribution in [2.75, 3.05) is 11.9 Å². The van der Waals surface area contributed by atoms with Crippen molar-refractivity contribution in [3.8, 4) is 0 Å². The normalized spacial score (nSPS) is 10.3. The lowest BCUT2D eigenvalue weighted by Gasteiger charge is -2.11. The molecule has 2 aromatic rings. The zero-order valence-electron chi connectivity index (χ0n) is 11.0. The number of nitrogens with one attached hydrogen (secondary N) is 1. The van der Waals surface area contributed by atoms with Gasteiger partial charge in [-0.05, 0) is 24.6 Å². The summed E-state index contributed by atoms with van der Waals surface area (Å²) in [6.07, 6.45) is 2.51. The van der Waals surface area contributed by atoms with Crippen LogP contribution in [0.4, 0.5) is 11.4 Å². The minimum atomic E-state index is -0.448. The number of nitro groups is 1. The van der Waals surface area contributed by atoms with Gasteiger partial charge in [0, 0.05) is 37.0 Å². The van der Waals surface area contributed by atoms with E-state index in [9.17, 15) is 10.1 Å². The number of nitrogens with zero attached hydrogens (tertiary/aromatic N) is 2. The average molecular weight is 292 g/mol. The summed E-state index contributed by atoms with van der Waals surface area (Å²) in [5.41, 5.74) is 2.47. The van der Waals surface area contributed by atoms with Gasteiger partial charge in [0.1, 0.15) is 0 Å². The largest absolute Gasteiger partial charge is 0.383 e. The molecule has 0 radical (unpaired) electrons. The molecular formula is C14H14ClN3O2. The van der Waals surface area contributed by atoms with Crippen molar-refractivity contribution in [2.24, 2.45) is 0 Å². The van der Waals surface area contributed by atoms with E-state index >= 15 is 0 Å². The molecule has 0 unspecified atom stereocenters. The van der Waals surface area contributed by atoms with Crippen molar-refractivity contribution in [3.05, 3.63) is 62.9 Å². The summed E-state index contributed by atoms with van der Waals surface area (Å²) < 4.78 is 0. The Labute approximate surface area is 121 Å². The summed E-state index contributed by atoms with van der Waals surface area (Å²) in [5, 5.41) is 14.3. The summed E-state index contributed by atoms with van der Waals surface area (Å²) in [7, 11) is 0. The molecule has 2 rings (SSSR count). The van der Waals surface area contributed by atoms with Crippen molar-refractivity contribution in [2.45, 2.75) is 13.3 Å². The first-order valence-electron chi connectivity index (χ1n) is 6.16. The highest BCUT2D eigenvalue weighted by atomic mass is 35.5. The van der Waals surface area contributed by atoms with Crippen LogP contribution in [0, 0.1) is 17.0 Å². The lowest BCUT2D eigenvalue weighted by Crippen LogP contribution is -2.07. The first-order valence-corrected chi connectivity index (χ1v) is 6.54. The molecule has 0 saturated carbocycles. The van der Waals surface area contributed by atoms with E-state index in [0.717, 1.165) is 23.4 Å². The maximum Gasteiger partial charge on any atom is 0.271 e. The molecule has 1 aromatic heterocycles. The molecule has 0 bridgehead atoms. The number of aryl methyl sites for hydroxylation is 1. The van der Waals surface area contributed by atoms with E-state index in [0.29, 0.717) is 11.6 Å².